The molecule has 0 amide bonds. The Kier molecular flexibility index (Phi) is 2.21. The first-order valence-electron chi connectivity index (χ1n) is 4.41. The van der Waals surface area contributed by atoms with Crippen molar-refractivity contribution in [3.8, 4) is 6.07 Å². The maximum absolute atomic E-state index is 8.57. The largest absolute Gasteiger partial charge is 0.464 e. The SMILES string of the molecule is N#CC[C@@H](N)c1cccc2occc12. The van der Waals surface area contributed by atoms with Gasteiger partial charge in [-0.05, 0) is 17.7 Å². The zero-order chi connectivity index (χ0) is 9.97. The van der Waals surface area contributed by atoms with E-state index in [1.165, 1.54) is 0 Å². The number of rotatable bonds is 2. The van der Waals surface area contributed by atoms with Crippen LogP contribution in [-0.4, -0.2) is 0 Å². The molecule has 3 nitrogen and oxygen atoms in total. The molecule has 0 aliphatic heterocycles. The molecule has 3 heteroatoms. The molecule has 0 fully saturated rings. The van der Waals surface area contributed by atoms with Gasteiger partial charge in [-0.3, -0.25) is 0 Å². The summed E-state index contributed by atoms with van der Waals surface area (Å²) in [5, 5.41) is 9.56. The monoisotopic (exact) mass is 186 g/mol. The quantitative estimate of drug-likeness (QED) is 0.782. The van der Waals surface area contributed by atoms with Crippen molar-refractivity contribution in [2.24, 2.45) is 5.73 Å². The maximum atomic E-state index is 8.57. The fourth-order valence-corrected chi connectivity index (χ4v) is 1.55. The van der Waals surface area contributed by atoms with Gasteiger partial charge in [-0.15, -0.1) is 0 Å². The van der Waals surface area contributed by atoms with Crippen LogP contribution in [0.3, 0.4) is 0 Å². The molecular formula is C11H10N2O. The van der Waals surface area contributed by atoms with E-state index in [0.29, 0.717) is 6.42 Å². The van der Waals surface area contributed by atoms with Crippen molar-refractivity contribution in [3.05, 3.63) is 36.1 Å². The summed E-state index contributed by atoms with van der Waals surface area (Å²) in [5.74, 6) is 0. The van der Waals surface area contributed by atoms with Gasteiger partial charge in [0.1, 0.15) is 5.58 Å². The highest BCUT2D eigenvalue weighted by Crippen LogP contribution is 2.25. The number of benzene rings is 1. The lowest BCUT2D eigenvalue weighted by atomic mass is 10.0. The maximum Gasteiger partial charge on any atom is 0.134 e. The van der Waals surface area contributed by atoms with E-state index in [4.69, 9.17) is 15.4 Å². The van der Waals surface area contributed by atoms with E-state index < -0.39 is 0 Å². The van der Waals surface area contributed by atoms with Crippen LogP contribution in [0.1, 0.15) is 18.0 Å². The van der Waals surface area contributed by atoms with E-state index in [2.05, 4.69) is 6.07 Å². The summed E-state index contributed by atoms with van der Waals surface area (Å²) in [6.07, 6.45) is 1.96. The van der Waals surface area contributed by atoms with Gasteiger partial charge >= 0.3 is 0 Å². The number of nitriles is 1. The van der Waals surface area contributed by atoms with E-state index in [1.54, 1.807) is 6.26 Å². The smallest absolute Gasteiger partial charge is 0.134 e. The molecular weight excluding hydrogens is 176 g/mol. The Morgan fingerprint density at radius 2 is 2.29 bits per heavy atom. The predicted octanol–water partition coefficient (Wildman–Crippen LogP) is 2.35. The number of nitrogens with zero attached hydrogens (tertiary/aromatic N) is 1. The Bertz CT molecular complexity index is 481. The van der Waals surface area contributed by atoms with Crippen LogP contribution in [0.4, 0.5) is 0 Å². The number of hydrogen-bond donors (Lipinski definition) is 1. The summed E-state index contributed by atoms with van der Waals surface area (Å²) in [6.45, 7) is 0. The average Bonchev–Trinajstić information content (AvgIpc) is 2.65. The summed E-state index contributed by atoms with van der Waals surface area (Å²) in [6, 6.07) is 9.41. The molecule has 70 valence electrons. The number of nitrogens with two attached hydrogens (primary N) is 1. The Labute approximate surface area is 81.7 Å². The minimum Gasteiger partial charge on any atom is -0.464 e. The molecule has 0 saturated carbocycles. The van der Waals surface area contributed by atoms with Crippen LogP contribution >= 0.6 is 0 Å². The van der Waals surface area contributed by atoms with Crippen LogP contribution in [0.5, 0.6) is 0 Å². The highest BCUT2D eigenvalue weighted by molar-refractivity contribution is 5.81. The van der Waals surface area contributed by atoms with Crippen LogP contribution < -0.4 is 5.73 Å². The molecule has 1 heterocycles. The molecule has 1 aromatic heterocycles. The Morgan fingerprint density at radius 3 is 3.07 bits per heavy atom. The van der Waals surface area contributed by atoms with Crippen molar-refractivity contribution in [1.29, 1.82) is 5.26 Å². The number of fused-ring (bicyclic) bond motifs is 1. The average molecular weight is 186 g/mol. The summed E-state index contributed by atoms with van der Waals surface area (Å²) in [7, 11) is 0. The van der Waals surface area contributed by atoms with Crippen molar-refractivity contribution in [2.45, 2.75) is 12.5 Å². The number of hydrogen-bond acceptors (Lipinski definition) is 3. The van der Waals surface area contributed by atoms with Crippen molar-refractivity contribution in [2.75, 3.05) is 0 Å². The standard InChI is InChI=1S/C11H10N2O/c12-6-4-10(13)8-2-1-3-11-9(8)5-7-14-11/h1-3,5,7,10H,4,13H2/t10-/m1/s1. The van der Waals surface area contributed by atoms with Gasteiger partial charge in [-0.2, -0.15) is 5.26 Å². The fourth-order valence-electron chi connectivity index (χ4n) is 1.55. The predicted molar refractivity (Wildman–Crippen MR) is 53.4 cm³/mol. The second kappa shape index (κ2) is 3.52. The summed E-state index contributed by atoms with van der Waals surface area (Å²) in [4.78, 5) is 0. The van der Waals surface area contributed by atoms with E-state index in [-0.39, 0.29) is 6.04 Å². The Morgan fingerprint density at radius 1 is 1.43 bits per heavy atom. The molecule has 0 saturated heterocycles. The molecule has 0 aliphatic rings. The van der Waals surface area contributed by atoms with Gasteiger partial charge in [-0.25, -0.2) is 0 Å². The van der Waals surface area contributed by atoms with Gasteiger partial charge < -0.3 is 10.2 Å². The van der Waals surface area contributed by atoms with Crippen molar-refractivity contribution < 1.29 is 4.42 Å². The number of furan rings is 1. The molecule has 2 aromatic rings. The van der Waals surface area contributed by atoms with Gasteiger partial charge in [0.2, 0.25) is 0 Å². The van der Waals surface area contributed by atoms with Crippen LogP contribution in [0.15, 0.2) is 34.9 Å². The first-order chi connectivity index (χ1) is 6.83. The van der Waals surface area contributed by atoms with E-state index in [0.717, 1.165) is 16.5 Å². The fraction of sp³-hybridized carbons (Fsp3) is 0.182. The van der Waals surface area contributed by atoms with Gasteiger partial charge in [0.15, 0.2) is 0 Å². The lowest BCUT2D eigenvalue weighted by molar-refractivity contribution is 0.615. The third-order valence-electron chi connectivity index (χ3n) is 2.24. The molecule has 1 atom stereocenters. The second-order valence-electron chi connectivity index (χ2n) is 3.15. The van der Waals surface area contributed by atoms with E-state index in [1.807, 2.05) is 24.3 Å². The summed E-state index contributed by atoms with van der Waals surface area (Å²) >= 11 is 0. The molecule has 2 rings (SSSR count). The normalized spacial score (nSPS) is 12.6. The van der Waals surface area contributed by atoms with Crippen molar-refractivity contribution in [3.63, 3.8) is 0 Å². The van der Waals surface area contributed by atoms with Crippen LogP contribution in [-0.2, 0) is 0 Å². The molecule has 1 aromatic carbocycles. The van der Waals surface area contributed by atoms with E-state index in [9.17, 15) is 0 Å². The second-order valence-corrected chi connectivity index (χ2v) is 3.15. The Hall–Kier alpha value is -1.79. The highest BCUT2D eigenvalue weighted by Gasteiger charge is 2.10. The molecule has 0 unspecified atom stereocenters. The lowest BCUT2D eigenvalue weighted by Gasteiger charge is -2.08. The van der Waals surface area contributed by atoms with Crippen LogP contribution in [0.25, 0.3) is 11.0 Å². The van der Waals surface area contributed by atoms with Gasteiger partial charge in [-0.1, -0.05) is 12.1 Å². The van der Waals surface area contributed by atoms with Crippen molar-refractivity contribution >= 4 is 11.0 Å². The van der Waals surface area contributed by atoms with Crippen LogP contribution in [0.2, 0.25) is 0 Å². The van der Waals surface area contributed by atoms with Gasteiger partial charge in [0, 0.05) is 11.4 Å². The molecule has 0 aliphatic carbocycles. The minimum absolute atomic E-state index is 0.235. The van der Waals surface area contributed by atoms with Crippen molar-refractivity contribution in [1.82, 2.24) is 0 Å². The highest BCUT2D eigenvalue weighted by atomic mass is 16.3. The molecule has 0 bridgehead atoms. The zero-order valence-electron chi connectivity index (χ0n) is 7.60. The molecule has 0 spiro atoms. The van der Waals surface area contributed by atoms with Gasteiger partial charge in [0.05, 0.1) is 18.8 Å². The van der Waals surface area contributed by atoms with E-state index >= 15 is 0 Å². The lowest BCUT2D eigenvalue weighted by Crippen LogP contribution is -2.09. The van der Waals surface area contributed by atoms with Gasteiger partial charge in [0.25, 0.3) is 0 Å². The third-order valence-corrected chi connectivity index (χ3v) is 2.24. The Balaban J connectivity index is 2.51. The first kappa shape index (κ1) is 8.79. The first-order valence-corrected chi connectivity index (χ1v) is 4.41. The minimum atomic E-state index is -0.235. The summed E-state index contributed by atoms with van der Waals surface area (Å²) < 4.78 is 5.25. The summed E-state index contributed by atoms with van der Waals surface area (Å²) in [5.41, 5.74) is 7.65. The molecule has 2 N–H and O–H groups in total. The van der Waals surface area contributed by atoms with Crippen LogP contribution in [0, 0.1) is 11.3 Å². The zero-order valence-corrected chi connectivity index (χ0v) is 7.60. The topological polar surface area (TPSA) is 63.0 Å². The third kappa shape index (κ3) is 1.36. The molecule has 0 radical (unpaired) electrons. The molecule has 14 heavy (non-hydrogen) atoms.